The summed E-state index contributed by atoms with van der Waals surface area (Å²) in [5.74, 6) is -0.387. The van der Waals surface area contributed by atoms with E-state index in [4.69, 9.17) is 0 Å². The summed E-state index contributed by atoms with van der Waals surface area (Å²) < 4.78 is 27.7. The van der Waals surface area contributed by atoms with E-state index in [2.05, 4.69) is 5.32 Å². The zero-order chi connectivity index (χ0) is 20.9. The van der Waals surface area contributed by atoms with E-state index in [0.29, 0.717) is 5.69 Å². The van der Waals surface area contributed by atoms with Crippen LogP contribution in [0.5, 0.6) is 0 Å². The zero-order valence-corrected chi connectivity index (χ0v) is 17.3. The van der Waals surface area contributed by atoms with Gasteiger partial charge in [-0.1, -0.05) is 60.2 Å². The number of anilines is 1. The van der Waals surface area contributed by atoms with Gasteiger partial charge in [-0.05, 0) is 49.2 Å². The number of carbonyl (C=O) groups is 1. The van der Waals surface area contributed by atoms with Crippen LogP contribution in [0.2, 0.25) is 0 Å². The number of aryl methyl sites for hydroxylation is 2. The summed E-state index contributed by atoms with van der Waals surface area (Å²) in [5.41, 5.74) is 3.43. The summed E-state index contributed by atoms with van der Waals surface area (Å²) in [7, 11) is -3.84. The van der Waals surface area contributed by atoms with Gasteiger partial charge in [0.15, 0.2) is 0 Å². The molecule has 0 saturated carbocycles. The minimum Gasteiger partial charge on any atom is -0.325 e. The summed E-state index contributed by atoms with van der Waals surface area (Å²) >= 11 is 0. The van der Waals surface area contributed by atoms with Crippen LogP contribution in [0.3, 0.4) is 0 Å². The second-order valence-corrected chi connectivity index (χ2v) is 8.93. The van der Waals surface area contributed by atoms with E-state index < -0.39 is 10.0 Å². The molecule has 3 aromatic rings. The molecule has 0 fully saturated rings. The van der Waals surface area contributed by atoms with Crippen LogP contribution >= 0.6 is 0 Å². The van der Waals surface area contributed by atoms with Crippen LogP contribution in [-0.4, -0.2) is 25.2 Å². The molecule has 29 heavy (non-hydrogen) atoms. The number of sulfonamides is 1. The van der Waals surface area contributed by atoms with Crippen LogP contribution < -0.4 is 5.32 Å². The lowest BCUT2D eigenvalue weighted by molar-refractivity contribution is -0.116. The van der Waals surface area contributed by atoms with Gasteiger partial charge in [-0.3, -0.25) is 4.79 Å². The minimum atomic E-state index is -3.84. The minimum absolute atomic E-state index is 0.109. The van der Waals surface area contributed by atoms with Gasteiger partial charge in [0.1, 0.15) is 0 Å². The number of carbonyl (C=O) groups excluding carboxylic acids is 1. The maximum absolute atomic E-state index is 13.2. The van der Waals surface area contributed by atoms with Crippen LogP contribution in [0.15, 0.2) is 83.8 Å². The van der Waals surface area contributed by atoms with Gasteiger partial charge in [-0.25, -0.2) is 8.42 Å². The fourth-order valence-electron chi connectivity index (χ4n) is 2.96. The maximum atomic E-state index is 13.2. The third-order valence-electron chi connectivity index (χ3n) is 4.48. The first-order valence-corrected chi connectivity index (χ1v) is 10.8. The number of hydrogen-bond donors (Lipinski definition) is 1. The van der Waals surface area contributed by atoms with Crippen LogP contribution in [-0.2, 0) is 21.4 Å². The van der Waals surface area contributed by atoms with Crippen molar-refractivity contribution in [2.24, 2.45) is 0 Å². The molecule has 3 rings (SSSR count). The number of nitrogens with one attached hydrogen (secondary N) is 1. The Bertz CT molecular complexity index is 1080. The third kappa shape index (κ3) is 5.53. The zero-order valence-electron chi connectivity index (χ0n) is 16.5. The van der Waals surface area contributed by atoms with Crippen molar-refractivity contribution in [3.63, 3.8) is 0 Å². The van der Waals surface area contributed by atoms with Crippen molar-refractivity contribution in [1.82, 2.24) is 4.31 Å². The van der Waals surface area contributed by atoms with Crippen molar-refractivity contribution < 1.29 is 13.2 Å². The molecule has 5 nitrogen and oxygen atoms in total. The second kappa shape index (κ2) is 9.03. The molecule has 6 heteroatoms. The fraction of sp³-hybridized carbons (Fsp3) is 0.174. The quantitative estimate of drug-likeness (QED) is 0.639. The number of benzene rings is 3. The van der Waals surface area contributed by atoms with E-state index in [1.807, 2.05) is 62.4 Å². The molecule has 0 spiro atoms. The predicted molar refractivity (Wildman–Crippen MR) is 115 cm³/mol. The van der Waals surface area contributed by atoms with Crippen molar-refractivity contribution in [1.29, 1.82) is 0 Å². The average molecular weight is 409 g/mol. The fourth-order valence-corrected chi connectivity index (χ4v) is 4.34. The Kier molecular flexibility index (Phi) is 6.46. The van der Waals surface area contributed by atoms with Crippen molar-refractivity contribution in [3.05, 3.63) is 95.6 Å². The molecular weight excluding hydrogens is 384 g/mol. The maximum Gasteiger partial charge on any atom is 0.243 e. The van der Waals surface area contributed by atoms with Gasteiger partial charge in [0, 0.05) is 12.2 Å². The lowest BCUT2D eigenvalue weighted by atomic mass is 10.2. The number of rotatable bonds is 7. The Morgan fingerprint density at radius 3 is 2.21 bits per heavy atom. The van der Waals surface area contributed by atoms with E-state index >= 15 is 0 Å². The summed E-state index contributed by atoms with van der Waals surface area (Å²) in [6.45, 7) is 3.66. The molecule has 1 N–H and O–H groups in total. The smallest absolute Gasteiger partial charge is 0.243 e. The van der Waals surface area contributed by atoms with Gasteiger partial charge in [0.25, 0.3) is 0 Å². The molecule has 0 saturated heterocycles. The lowest BCUT2D eigenvalue weighted by Gasteiger charge is -2.22. The van der Waals surface area contributed by atoms with Crippen molar-refractivity contribution >= 4 is 21.6 Å². The average Bonchev–Trinajstić information content (AvgIpc) is 2.68. The second-order valence-electron chi connectivity index (χ2n) is 6.99. The monoisotopic (exact) mass is 408 g/mol. The predicted octanol–water partition coefficient (Wildman–Crippen LogP) is 4.13. The Hall–Kier alpha value is -2.96. The molecule has 0 unspecified atom stereocenters. The number of nitrogens with zero attached hydrogens (tertiary/aromatic N) is 1. The van der Waals surface area contributed by atoms with Crippen LogP contribution in [0.1, 0.15) is 16.7 Å². The van der Waals surface area contributed by atoms with Crippen LogP contribution in [0, 0.1) is 13.8 Å². The molecular formula is C23H24N2O3S. The van der Waals surface area contributed by atoms with Gasteiger partial charge < -0.3 is 5.32 Å². The van der Waals surface area contributed by atoms with Gasteiger partial charge >= 0.3 is 0 Å². The molecule has 0 radical (unpaired) electrons. The SMILES string of the molecule is Cc1ccc(S(=O)(=O)N(CC(=O)Nc2cccc(C)c2)Cc2ccccc2)cc1. The molecule has 3 aromatic carbocycles. The molecule has 1 amide bonds. The van der Waals surface area contributed by atoms with Crippen LogP contribution in [0.25, 0.3) is 0 Å². The van der Waals surface area contributed by atoms with Gasteiger partial charge in [-0.15, -0.1) is 0 Å². The van der Waals surface area contributed by atoms with Crippen LogP contribution in [0.4, 0.5) is 5.69 Å². The highest BCUT2D eigenvalue weighted by atomic mass is 32.2. The Labute approximate surface area is 172 Å². The third-order valence-corrected chi connectivity index (χ3v) is 6.29. The van der Waals surface area contributed by atoms with E-state index in [1.165, 1.54) is 4.31 Å². The highest BCUT2D eigenvalue weighted by molar-refractivity contribution is 7.89. The highest BCUT2D eigenvalue weighted by Gasteiger charge is 2.27. The van der Waals surface area contributed by atoms with Gasteiger partial charge in [0.05, 0.1) is 11.4 Å². The molecule has 0 aromatic heterocycles. The van der Waals surface area contributed by atoms with Gasteiger partial charge in [0.2, 0.25) is 15.9 Å². The standard InChI is InChI=1S/C23H24N2O3S/c1-18-11-13-22(14-12-18)29(27,28)25(16-20-8-4-3-5-9-20)17-23(26)24-21-10-6-7-19(2)15-21/h3-15H,16-17H2,1-2H3,(H,24,26). The number of amides is 1. The molecule has 0 aliphatic heterocycles. The van der Waals surface area contributed by atoms with Crippen molar-refractivity contribution in [2.75, 3.05) is 11.9 Å². The van der Waals surface area contributed by atoms with Crippen molar-refractivity contribution in [3.8, 4) is 0 Å². The molecule has 0 atom stereocenters. The molecule has 0 aliphatic rings. The first-order valence-electron chi connectivity index (χ1n) is 9.32. The molecule has 0 aliphatic carbocycles. The molecule has 0 heterocycles. The van der Waals surface area contributed by atoms with E-state index in [-0.39, 0.29) is 23.9 Å². The normalized spacial score (nSPS) is 11.4. The van der Waals surface area contributed by atoms with E-state index in [0.717, 1.165) is 16.7 Å². The topological polar surface area (TPSA) is 66.5 Å². The summed E-state index contributed by atoms with van der Waals surface area (Å²) in [4.78, 5) is 12.8. The Balaban J connectivity index is 1.86. The number of hydrogen-bond acceptors (Lipinski definition) is 3. The van der Waals surface area contributed by atoms with Gasteiger partial charge in [-0.2, -0.15) is 4.31 Å². The molecule has 150 valence electrons. The first-order chi connectivity index (χ1) is 13.8. The van der Waals surface area contributed by atoms with E-state index in [9.17, 15) is 13.2 Å². The summed E-state index contributed by atoms with van der Waals surface area (Å²) in [6.07, 6.45) is 0. The van der Waals surface area contributed by atoms with Crippen molar-refractivity contribution in [2.45, 2.75) is 25.3 Å². The summed E-state index contributed by atoms with van der Waals surface area (Å²) in [6, 6.07) is 23.3. The largest absolute Gasteiger partial charge is 0.325 e. The Morgan fingerprint density at radius 1 is 0.862 bits per heavy atom. The molecule has 0 bridgehead atoms. The Morgan fingerprint density at radius 2 is 1.55 bits per heavy atom. The summed E-state index contributed by atoms with van der Waals surface area (Å²) in [5, 5.41) is 2.79. The highest BCUT2D eigenvalue weighted by Crippen LogP contribution is 2.19. The first kappa shape index (κ1) is 20.8. The lowest BCUT2D eigenvalue weighted by Crippen LogP contribution is -2.37. The van der Waals surface area contributed by atoms with E-state index in [1.54, 1.807) is 30.3 Å².